The van der Waals surface area contributed by atoms with E-state index >= 15 is 0 Å². The van der Waals surface area contributed by atoms with Gasteiger partial charge in [0.25, 0.3) is 0 Å². The van der Waals surface area contributed by atoms with Crippen molar-refractivity contribution in [1.29, 1.82) is 0 Å². The lowest BCUT2D eigenvalue weighted by Gasteiger charge is -2.15. The molecule has 1 saturated heterocycles. The predicted molar refractivity (Wildman–Crippen MR) is 76.7 cm³/mol. The number of aromatic nitrogens is 1. The molecule has 20 heavy (non-hydrogen) atoms. The highest BCUT2D eigenvalue weighted by Gasteiger charge is 2.31. The number of nitrogens with one attached hydrogen (secondary N) is 2. The fraction of sp³-hybridized carbons (Fsp3) is 0.214. The molecule has 1 aromatic carbocycles. The minimum Gasteiger partial charge on any atom is -0.288 e. The fourth-order valence-corrected chi connectivity index (χ4v) is 3.95. The lowest BCUT2D eigenvalue weighted by atomic mass is 10.1. The van der Waals surface area contributed by atoms with Gasteiger partial charge in [-0.25, -0.2) is 8.42 Å². The van der Waals surface area contributed by atoms with Crippen molar-refractivity contribution in [2.45, 2.75) is 10.4 Å². The lowest BCUT2D eigenvalue weighted by Crippen LogP contribution is -2.39. The number of hydrogen-bond donors (Lipinski definition) is 2. The van der Waals surface area contributed by atoms with E-state index in [4.69, 9.17) is 0 Å². The van der Waals surface area contributed by atoms with Crippen molar-refractivity contribution in [2.75, 3.05) is 13.1 Å². The summed E-state index contributed by atoms with van der Waals surface area (Å²) in [6, 6.07) is 12.4. The van der Waals surface area contributed by atoms with E-state index < -0.39 is 15.3 Å². The molecule has 2 heterocycles. The molecule has 1 fully saturated rings. The van der Waals surface area contributed by atoms with E-state index in [-0.39, 0.29) is 0 Å². The Balaban J connectivity index is 2.11. The number of nitrogens with zero attached hydrogens (tertiary/aromatic N) is 1. The Morgan fingerprint density at radius 3 is 2.40 bits per heavy atom. The molecule has 0 saturated carbocycles. The summed E-state index contributed by atoms with van der Waals surface area (Å²) >= 11 is 0. The molecule has 0 radical (unpaired) electrons. The summed E-state index contributed by atoms with van der Waals surface area (Å²) in [5.74, 6) is 0. The third-order valence-electron chi connectivity index (χ3n) is 3.23. The van der Waals surface area contributed by atoms with Crippen LogP contribution in [0.15, 0.2) is 53.6 Å². The first-order chi connectivity index (χ1) is 9.69. The van der Waals surface area contributed by atoms with Gasteiger partial charge in [0.1, 0.15) is 0 Å². The van der Waals surface area contributed by atoms with Gasteiger partial charge in [0.15, 0.2) is 5.50 Å². The number of benzene rings is 1. The molecule has 1 aliphatic rings. The zero-order valence-electron chi connectivity index (χ0n) is 10.8. The zero-order valence-corrected chi connectivity index (χ0v) is 11.6. The molecule has 0 bridgehead atoms. The summed E-state index contributed by atoms with van der Waals surface area (Å²) in [6.45, 7) is 1.30. The molecule has 0 spiro atoms. The summed E-state index contributed by atoms with van der Waals surface area (Å²) in [6.07, 6.45) is 1.66. The van der Waals surface area contributed by atoms with Crippen molar-refractivity contribution in [3.05, 3.63) is 48.7 Å². The van der Waals surface area contributed by atoms with Crippen molar-refractivity contribution in [1.82, 2.24) is 15.6 Å². The van der Waals surface area contributed by atoms with Gasteiger partial charge in [-0.1, -0.05) is 24.3 Å². The van der Waals surface area contributed by atoms with Crippen LogP contribution in [0.1, 0.15) is 0 Å². The number of hydrogen-bond acceptors (Lipinski definition) is 5. The third-order valence-corrected chi connectivity index (χ3v) is 5.15. The van der Waals surface area contributed by atoms with Crippen molar-refractivity contribution in [2.24, 2.45) is 0 Å². The Morgan fingerprint density at radius 1 is 1.00 bits per heavy atom. The van der Waals surface area contributed by atoms with E-state index in [1.54, 1.807) is 30.5 Å². The standard InChI is InChI=1S/C14H15N3O2S/c18-20(19,14-16-9-10-17-14)13-7-2-1-5-11(13)12-6-3-4-8-15-12/h1-8,14,16-17H,9-10H2. The molecule has 5 nitrogen and oxygen atoms in total. The molecule has 0 aliphatic carbocycles. The lowest BCUT2D eigenvalue weighted by molar-refractivity contribution is 0.561. The van der Waals surface area contributed by atoms with Crippen LogP contribution >= 0.6 is 0 Å². The Morgan fingerprint density at radius 2 is 1.70 bits per heavy atom. The maximum Gasteiger partial charge on any atom is 0.208 e. The van der Waals surface area contributed by atoms with Crippen molar-refractivity contribution >= 4 is 9.84 Å². The van der Waals surface area contributed by atoms with Gasteiger partial charge in [-0.05, 0) is 18.2 Å². The van der Waals surface area contributed by atoms with Gasteiger partial charge in [0.2, 0.25) is 9.84 Å². The highest BCUT2D eigenvalue weighted by Crippen LogP contribution is 2.27. The topological polar surface area (TPSA) is 71.1 Å². The van der Waals surface area contributed by atoms with E-state index in [0.29, 0.717) is 29.2 Å². The van der Waals surface area contributed by atoms with Crippen LogP contribution in [0.3, 0.4) is 0 Å². The third kappa shape index (κ3) is 2.33. The summed E-state index contributed by atoms with van der Waals surface area (Å²) < 4.78 is 25.4. The van der Waals surface area contributed by atoms with Crippen LogP contribution in [0.5, 0.6) is 0 Å². The maximum absolute atomic E-state index is 12.7. The van der Waals surface area contributed by atoms with Gasteiger partial charge in [0, 0.05) is 24.8 Å². The number of pyridine rings is 1. The van der Waals surface area contributed by atoms with E-state index in [0.717, 1.165) is 0 Å². The Labute approximate surface area is 118 Å². The van der Waals surface area contributed by atoms with Crippen molar-refractivity contribution < 1.29 is 8.42 Å². The smallest absolute Gasteiger partial charge is 0.208 e. The molecule has 6 heteroatoms. The molecule has 0 amide bonds. The molecule has 0 atom stereocenters. The second kappa shape index (κ2) is 5.32. The minimum atomic E-state index is -3.48. The molecular weight excluding hydrogens is 274 g/mol. The van der Waals surface area contributed by atoms with Gasteiger partial charge in [-0.15, -0.1) is 0 Å². The Bertz CT molecular complexity index is 695. The summed E-state index contributed by atoms with van der Waals surface area (Å²) in [7, 11) is -3.48. The van der Waals surface area contributed by atoms with Crippen LogP contribution < -0.4 is 10.6 Å². The Kier molecular flexibility index (Phi) is 3.52. The maximum atomic E-state index is 12.7. The highest BCUT2D eigenvalue weighted by atomic mass is 32.2. The average molecular weight is 289 g/mol. The zero-order chi connectivity index (χ0) is 14.0. The highest BCUT2D eigenvalue weighted by molar-refractivity contribution is 7.92. The van der Waals surface area contributed by atoms with Crippen LogP contribution in [0, 0.1) is 0 Å². The van der Waals surface area contributed by atoms with Crippen LogP contribution in [-0.4, -0.2) is 32.0 Å². The molecule has 104 valence electrons. The molecule has 2 N–H and O–H groups in total. The van der Waals surface area contributed by atoms with Crippen molar-refractivity contribution in [3.63, 3.8) is 0 Å². The average Bonchev–Trinajstić information content (AvgIpc) is 3.03. The molecule has 1 aliphatic heterocycles. The first kappa shape index (κ1) is 13.2. The number of sulfone groups is 1. The fourth-order valence-electron chi connectivity index (χ4n) is 2.27. The predicted octanol–water partition coefficient (Wildman–Crippen LogP) is 0.999. The minimum absolute atomic E-state index is 0.297. The van der Waals surface area contributed by atoms with Crippen LogP contribution in [0.25, 0.3) is 11.3 Å². The summed E-state index contributed by atoms with van der Waals surface area (Å²) in [4.78, 5) is 4.54. The summed E-state index contributed by atoms with van der Waals surface area (Å²) in [5.41, 5.74) is 0.556. The van der Waals surface area contributed by atoms with Crippen LogP contribution in [0.2, 0.25) is 0 Å². The first-order valence-electron chi connectivity index (χ1n) is 6.41. The second-order valence-electron chi connectivity index (χ2n) is 4.54. The van der Waals surface area contributed by atoms with Crippen LogP contribution in [0.4, 0.5) is 0 Å². The summed E-state index contributed by atoms with van der Waals surface area (Å²) in [5, 5.41) is 5.91. The van der Waals surface area contributed by atoms with Gasteiger partial charge >= 0.3 is 0 Å². The molecule has 1 aromatic heterocycles. The van der Waals surface area contributed by atoms with Crippen molar-refractivity contribution in [3.8, 4) is 11.3 Å². The number of rotatable bonds is 3. The van der Waals surface area contributed by atoms with Gasteiger partial charge in [-0.3, -0.25) is 15.6 Å². The van der Waals surface area contributed by atoms with E-state index in [9.17, 15) is 8.42 Å². The Hall–Kier alpha value is -1.76. The quantitative estimate of drug-likeness (QED) is 0.882. The van der Waals surface area contributed by atoms with Gasteiger partial charge in [-0.2, -0.15) is 0 Å². The molecular formula is C14H15N3O2S. The normalized spacial score (nSPS) is 16.4. The van der Waals surface area contributed by atoms with E-state index in [1.165, 1.54) is 0 Å². The molecule has 3 rings (SSSR count). The second-order valence-corrected chi connectivity index (χ2v) is 6.55. The van der Waals surface area contributed by atoms with Gasteiger partial charge in [0.05, 0.1) is 10.6 Å². The SMILES string of the molecule is O=S(=O)(c1ccccc1-c1ccccn1)C1NCCN1. The van der Waals surface area contributed by atoms with Gasteiger partial charge < -0.3 is 0 Å². The van der Waals surface area contributed by atoms with E-state index in [1.807, 2.05) is 18.2 Å². The monoisotopic (exact) mass is 289 g/mol. The largest absolute Gasteiger partial charge is 0.288 e. The first-order valence-corrected chi connectivity index (χ1v) is 7.95. The molecule has 2 aromatic rings. The van der Waals surface area contributed by atoms with Crippen LogP contribution in [-0.2, 0) is 9.84 Å². The van der Waals surface area contributed by atoms with E-state index in [2.05, 4.69) is 15.6 Å². The molecule has 0 unspecified atom stereocenters.